The normalized spacial score (nSPS) is 11.8. The van der Waals surface area contributed by atoms with Gasteiger partial charge < -0.3 is 10.1 Å². The molecule has 0 aliphatic rings. The molecule has 0 saturated carbocycles. The zero-order valence-corrected chi connectivity index (χ0v) is 16.4. The van der Waals surface area contributed by atoms with Crippen molar-refractivity contribution in [3.63, 3.8) is 0 Å². The van der Waals surface area contributed by atoms with Gasteiger partial charge in [0.25, 0.3) is 0 Å². The first-order chi connectivity index (χ1) is 13.0. The van der Waals surface area contributed by atoms with Crippen LogP contribution in [0.25, 0.3) is 0 Å². The number of pyridine rings is 1. The smallest absolute Gasteiger partial charge is 0.226 e. The van der Waals surface area contributed by atoms with Gasteiger partial charge in [-0.1, -0.05) is 23.5 Å². The van der Waals surface area contributed by atoms with Crippen molar-refractivity contribution < 1.29 is 9.53 Å². The number of nitrogens with zero attached hydrogens (tertiary/aromatic N) is 3. The van der Waals surface area contributed by atoms with Crippen LogP contribution >= 0.6 is 11.3 Å². The Morgan fingerprint density at radius 2 is 1.96 bits per heavy atom. The molecule has 7 heteroatoms. The van der Waals surface area contributed by atoms with Crippen LogP contribution in [-0.4, -0.2) is 21.1 Å². The van der Waals surface area contributed by atoms with Crippen molar-refractivity contribution in [2.45, 2.75) is 39.7 Å². The van der Waals surface area contributed by atoms with Crippen LogP contribution in [0.15, 0.2) is 42.7 Å². The number of ether oxygens (including phenoxy) is 1. The third-order valence-electron chi connectivity index (χ3n) is 4.28. The molecule has 0 spiro atoms. The average molecular weight is 382 g/mol. The van der Waals surface area contributed by atoms with Gasteiger partial charge in [0.1, 0.15) is 11.9 Å². The van der Waals surface area contributed by atoms with Crippen molar-refractivity contribution in [2.75, 3.05) is 5.32 Å². The Labute approximate surface area is 162 Å². The minimum absolute atomic E-state index is 0.0855. The van der Waals surface area contributed by atoms with E-state index in [0.717, 1.165) is 21.9 Å². The number of hydrogen-bond donors (Lipinski definition) is 1. The summed E-state index contributed by atoms with van der Waals surface area (Å²) in [5.41, 5.74) is 3.37. The van der Waals surface area contributed by atoms with Gasteiger partial charge in [0.05, 0.1) is 0 Å². The van der Waals surface area contributed by atoms with Crippen molar-refractivity contribution in [1.29, 1.82) is 0 Å². The zero-order valence-electron chi connectivity index (χ0n) is 15.6. The van der Waals surface area contributed by atoms with E-state index in [1.807, 2.05) is 38.1 Å². The fourth-order valence-electron chi connectivity index (χ4n) is 2.53. The second-order valence-corrected chi connectivity index (χ2v) is 7.32. The number of nitrogens with one attached hydrogen (secondary N) is 1. The van der Waals surface area contributed by atoms with Crippen LogP contribution in [-0.2, 0) is 11.2 Å². The number of aromatic nitrogens is 3. The Bertz CT molecular complexity index is 911. The summed E-state index contributed by atoms with van der Waals surface area (Å²) in [5, 5.41) is 12.2. The highest BCUT2D eigenvalue weighted by molar-refractivity contribution is 7.15. The number of carbonyl (C=O) groups is 1. The first-order valence-corrected chi connectivity index (χ1v) is 9.59. The average Bonchev–Trinajstić information content (AvgIpc) is 3.13. The number of amides is 1. The Morgan fingerprint density at radius 3 is 2.74 bits per heavy atom. The molecule has 140 valence electrons. The molecule has 1 N–H and O–H groups in total. The molecular formula is C20H22N4O2S. The van der Waals surface area contributed by atoms with Gasteiger partial charge in [-0.15, -0.1) is 10.2 Å². The number of carbonyl (C=O) groups excluding carboxylic acids is 1. The molecule has 0 fully saturated rings. The van der Waals surface area contributed by atoms with E-state index in [0.29, 0.717) is 18.0 Å². The molecule has 0 aliphatic carbocycles. The van der Waals surface area contributed by atoms with Crippen molar-refractivity contribution in [2.24, 2.45) is 0 Å². The molecule has 0 bridgehead atoms. The minimum Gasteiger partial charge on any atom is -0.483 e. The predicted octanol–water partition coefficient (Wildman–Crippen LogP) is 4.26. The van der Waals surface area contributed by atoms with E-state index in [9.17, 15) is 4.79 Å². The maximum absolute atomic E-state index is 12.1. The monoisotopic (exact) mass is 382 g/mol. The summed E-state index contributed by atoms with van der Waals surface area (Å²) in [4.78, 5) is 16.1. The number of rotatable bonds is 7. The Kier molecular flexibility index (Phi) is 6.13. The van der Waals surface area contributed by atoms with Gasteiger partial charge in [-0.25, -0.2) is 0 Å². The molecule has 1 atom stereocenters. The van der Waals surface area contributed by atoms with Gasteiger partial charge in [0.2, 0.25) is 11.0 Å². The van der Waals surface area contributed by atoms with E-state index in [-0.39, 0.29) is 12.0 Å². The molecule has 3 rings (SSSR count). The summed E-state index contributed by atoms with van der Waals surface area (Å²) in [6.07, 6.45) is 4.24. The fraction of sp³-hybridized carbons (Fsp3) is 0.300. The summed E-state index contributed by atoms with van der Waals surface area (Å²) in [7, 11) is 0. The summed E-state index contributed by atoms with van der Waals surface area (Å²) in [6.45, 7) is 6.01. The molecule has 0 unspecified atom stereocenters. The van der Waals surface area contributed by atoms with Gasteiger partial charge in [0, 0.05) is 18.8 Å². The predicted molar refractivity (Wildman–Crippen MR) is 106 cm³/mol. The second-order valence-electron chi connectivity index (χ2n) is 6.31. The maximum Gasteiger partial charge on any atom is 0.226 e. The first-order valence-electron chi connectivity index (χ1n) is 8.78. The molecule has 27 heavy (non-hydrogen) atoms. The fourth-order valence-corrected chi connectivity index (χ4v) is 3.27. The SMILES string of the molecule is Cc1cccc(O[C@@H](C)c2nnc(NC(=O)CCc3ccncc3)s2)c1C. The van der Waals surface area contributed by atoms with Crippen molar-refractivity contribution in [3.05, 3.63) is 64.4 Å². The molecule has 6 nitrogen and oxygen atoms in total. The van der Waals surface area contributed by atoms with Crippen LogP contribution in [0.3, 0.4) is 0 Å². The number of hydrogen-bond acceptors (Lipinski definition) is 6. The Morgan fingerprint density at radius 1 is 1.19 bits per heavy atom. The second kappa shape index (κ2) is 8.73. The molecule has 1 amide bonds. The molecule has 0 radical (unpaired) electrons. The van der Waals surface area contributed by atoms with Crippen LogP contribution in [0.4, 0.5) is 5.13 Å². The molecule has 1 aromatic carbocycles. The van der Waals surface area contributed by atoms with Crippen LogP contribution in [0.1, 0.15) is 41.1 Å². The van der Waals surface area contributed by atoms with Crippen molar-refractivity contribution >= 4 is 22.4 Å². The standard InChI is InChI=1S/C20H22N4O2S/c1-13-5-4-6-17(14(13)2)26-15(3)19-23-24-20(27-19)22-18(25)8-7-16-9-11-21-12-10-16/h4-6,9-12,15H,7-8H2,1-3H3,(H,22,24,25)/t15-/m0/s1. The molecule has 3 aromatic rings. The van der Waals surface area contributed by atoms with Gasteiger partial charge in [0.15, 0.2) is 5.01 Å². The number of anilines is 1. The summed E-state index contributed by atoms with van der Waals surface area (Å²) in [5.74, 6) is 0.748. The zero-order chi connectivity index (χ0) is 19.2. The molecule has 0 saturated heterocycles. The largest absolute Gasteiger partial charge is 0.483 e. The molecule has 2 aromatic heterocycles. The highest BCUT2D eigenvalue weighted by Crippen LogP contribution is 2.29. The van der Waals surface area contributed by atoms with Crippen LogP contribution in [0, 0.1) is 13.8 Å². The van der Waals surface area contributed by atoms with E-state index in [1.165, 1.54) is 16.9 Å². The third kappa shape index (κ3) is 5.10. The topological polar surface area (TPSA) is 77.0 Å². The minimum atomic E-state index is -0.245. The first kappa shape index (κ1) is 19.0. The van der Waals surface area contributed by atoms with E-state index in [2.05, 4.69) is 33.5 Å². The lowest BCUT2D eigenvalue weighted by Gasteiger charge is -2.14. The van der Waals surface area contributed by atoms with Crippen LogP contribution < -0.4 is 10.1 Å². The van der Waals surface area contributed by atoms with E-state index in [4.69, 9.17) is 4.74 Å². The van der Waals surface area contributed by atoms with E-state index >= 15 is 0 Å². The van der Waals surface area contributed by atoms with Crippen molar-refractivity contribution in [3.8, 4) is 5.75 Å². The lowest BCUT2D eigenvalue weighted by Crippen LogP contribution is -2.12. The van der Waals surface area contributed by atoms with E-state index in [1.54, 1.807) is 12.4 Å². The number of aryl methyl sites for hydroxylation is 2. The van der Waals surface area contributed by atoms with E-state index < -0.39 is 0 Å². The van der Waals surface area contributed by atoms with Gasteiger partial charge >= 0.3 is 0 Å². The molecule has 2 heterocycles. The molecule has 0 aliphatic heterocycles. The quantitative estimate of drug-likeness (QED) is 0.661. The van der Waals surface area contributed by atoms with Crippen molar-refractivity contribution in [1.82, 2.24) is 15.2 Å². The van der Waals surface area contributed by atoms with Gasteiger partial charge in [-0.2, -0.15) is 0 Å². The summed E-state index contributed by atoms with van der Waals surface area (Å²) in [6, 6.07) is 9.78. The maximum atomic E-state index is 12.1. The highest BCUT2D eigenvalue weighted by atomic mass is 32.1. The third-order valence-corrected chi connectivity index (χ3v) is 5.28. The summed E-state index contributed by atoms with van der Waals surface area (Å²) >= 11 is 1.33. The Balaban J connectivity index is 1.55. The highest BCUT2D eigenvalue weighted by Gasteiger charge is 2.16. The van der Waals surface area contributed by atoms with Gasteiger partial charge in [-0.05, 0) is 62.1 Å². The van der Waals surface area contributed by atoms with Crippen LogP contribution in [0.2, 0.25) is 0 Å². The van der Waals surface area contributed by atoms with Crippen LogP contribution in [0.5, 0.6) is 5.75 Å². The Hall–Kier alpha value is -2.80. The molecular weight excluding hydrogens is 360 g/mol. The summed E-state index contributed by atoms with van der Waals surface area (Å²) < 4.78 is 6.02. The lowest BCUT2D eigenvalue weighted by atomic mass is 10.1. The van der Waals surface area contributed by atoms with Gasteiger partial charge in [-0.3, -0.25) is 9.78 Å². The lowest BCUT2D eigenvalue weighted by molar-refractivity contribution is -0.116. The number of benzene rings is 1.